The fourth-order valence-electron chi connectivity index (χ4n) is 4.64. The van der Waals surface area contributed by atoms with E-state index in [0.717, 1.165) is 29.7 Å². The Morgan fingerprint density at radius 3 is 2.34 bits per heavy atom. The standard InChI is InChI=1S/C28H30Cl2FN3O/c29-23-15-24(30)17-27(16-23)34-28(35)33-18-22(11-12-32-26-9-1-2-10-26)20-6-3-5-19(13-20)21-7-4-8-25(31)14-21/h3-8,13-17,22,26,32H,1-2,9-12,18H2,(H2,33,34,35). The number of nitrogens with one attached hydrogen (secondary N) is 3. The van der Waals surface area contributed by atoms with E-state index in [0.29, 0.717) is 28.3 Å². The molecule has 1 fully saturated rings. The molecule has 0 bridgehead atoms. The largest absolute Gasteiger partial charge is 0.337 e. The molecule has 3 aromatic carbocycles. The van der Waals surface area contributed by atoms with Crippen LogP contribution in [0, 0.1) is 5.82 Å². The predicted octanol–water partition coefficient (Wildman–Crippen LogP) is 7.63. The highest BCUT2D eigenvalue weighted by Crippen LogP contribution is 2.27. The van der Waals surface area contributed by atoms with Crippen molar-refractivity contribution in [2.24, 2.45) is 0 Å². The summed E-state index contributed by atoms with van der Waals surface area (Å²) < 4.78 is 13.8. The molecule has 184 valence electrons. The summed E-state index contributed by atoms with van der Waals surface area (Å²) in [5.74, 6) is -0.171. The maximum Gasteiger partial charge on any atom is 0.319 e. The lowest BCUT2D eigenvalue weighted by atomic mass is 9.92. The van der Waals surface area contributed by atoms with Crippen molar-refractivity contribution < 1.29 is 9.18 Å². The van der Waals surface area contributed by atoms with Crippen LogP contribution in [-0.4, -0.2) is 25.2 Å². The summed E-state index contributed by atoms with van der Waals surface area (Å²) >= 11 is 12.1. The third kappa shape index (κ3) is 7.69. The average molecular weight is 514 g/mol. The van der Waals surface area contributed by atoms with Gasteiger partial charge in [0.05, 0.1) is 0 Å². The Hall–Kier alpha value is -2.60. The van der Waals surface area contributed by atoms with Gasteiger partial charge in [-0.2, -0.15) is 0 Å². The van der Waals surface area contributed by atoms with Crippen LogP contribution in [0.25, 0.3) is 11.1 Å². The molecular formula is C28H30Cl2FN3O. The molecule has 35 heavy (non-hydrogen) atoms. The van der Waals surface area contributed by atoms with Crippen molar-refractivity contribution in [1.29, 1.82) is 0 Å². The first-order valence-corrected chi connectivity index (χ1v) is 12.8. The molecule has 2 amide bonds. The van der Waals surface area contributed by atoms with Gasteiger partial charge in [0.1, 0.15) is 5.82 Å². The SMILES string of the molecule is O=C(NCC(CCNC1CCCC1)c1cccc(-c2cccc(F)c2)c1)Nc1cc(Cl)cc(Cl)c1. The third-order valence-electron chi connectivity index (χ3n) is 6.43. The quantitative estimate of drug-likeness (QED) is 0.275. The Morgan fingerprint density at radius 2 is 1.63 bits per heavy atom. The van der Waals surface area contributed by atoms with Gasteiger partial charge in [-0.05, 0) is 72.8 Å². The molecule has 0 spiro atoms. The van der Waals surface area contributed by atoms with Crippen LogP contribution in [0.15, 0.2) is 66.7 Å². The molecule has 1 unspecified atom stereocenters. The summed E-state index contributed by atoms with van der Waals surface area (Å²) in [5, 5.41) is 10.4. The summed E-state index contributed by atoms with van der Waals surface area (Å²) in [6.07, 6.45) is 5.88. The minimum Gasteiger partial charge on any atom is -0.337 e. The van der Waals surface area contributed by atoms with Crippen LogP contribution in [0.4, 0.5) is 14.9 Å². The minimum atomic E-state index is -0.321. The van der Waals surface area contributed by atoms with E-state index in [1.165, 1.54) is 37.8 Å². The second-order valence-electron chi connectivity index (χ2n) is 9.05. The van der Waals surface area contributed by atoms with Crippen LogP contribution < -0.4 is 16.0 Å². The van der Waals surface area contributed by atoms with Crippen LogP contribution in [0.5, 0.6) is 0 Å². The molecule has 1 aliphatic rings. The molecule has 0 heterocycles. The molecule has 1 aliphatic carbocycles. The van der Waals surface area contributed by atoms with Gasteiger partial charge in [-0.25, -0.2) is 9.18 Å². The normalized spacial score (nSPS) is 14.6. The van der Waals surface area contributed by atoms with E-state index < -0.39 is 0 Å². The fraction of sp³-hybridized carbons (Fsp3) is 0.321. The third-order valence-corrected chi connectivity index (χ3v) is 6.86. The number of benzene rings is 3. The number of halogens is 3. The number of urea groups is 1. The zero-order chi connectivity index (χ0) is 24.6. The number of anilines is 1. The highest BCUT2D eigenvalue weighted by Gasteiger charge is 2.18. The van der Waals surface area contributed by atoms with Gasteiger partial charge in [-0.1, -0.05) is 72.4 Å². The van der Waals surface area contributed by atoms with Gasteiger partial charge in [-0.3, -0.25) is 0 Å². The summed E-state index contributed by atoms with van der Waals surface area (Å²) in [6, 6.07) is 19.9. The molecular weight excluding hydrogens is 484 g/mol. The summed E-state index contributed by atoms with van der Waals surface area (Å²) in [6.45, 7) is 1.33. The molecule has 0 radical (unpaired) electrons. The van der Waals surface area contributed by atoms with Gasteiger partial charge in [0.2, 0.25) is 0 Å². The summed E-state index contributed by atoms with van der Waals surface area (Å²) in [4.78, 5) is 12.6. The Kier molecular flexibility index (Phi) is 9.02. The van der Waals surface area contributed by atoms with E-state index in [1.54, 1.807) is 24.3 Å². The van der Waals surface area contributed by atoms with E-state index in [4.69, 9.17) is 23.2 Å². The fourth-order valence-corrected chi connectivity index (χ4v) is 5.16. The predicted molar refractivity (Wildman–Crippen MR) is 143 cm³/mol. The zero-order valence-corrected chi connectivity index (χ0v) is 21.0. The summed E-state index contributed by atoms with van der Waals surface area (Å²) in [5.41, 5.74) is 3.42. The van der Waals surface area contributed by atoms with Crippen LogP contribution in [0.3, 0.4) is 0 Å². The second kappa shape index (κ2) is 12.4. The number of carbonyl (C=O) groups is 1. The lowest BCUT2D eigenvalue weighted by Gasteiger charge is -2.21. The molecule has 7 heteroatoms. The Labute approximate surface area is 216 Å². The zero-order valence-electron chi connectivity index (χ0n) is 19.5. The van der Waals surface area contributed by atoms with Crippen LogP contribution in [0.1, 0.15) is 43.6 Å². The molecule has 4 nitrogen and oxygen atoms in total. The monoisotopic (exact) mass is 513 g/mol. The molecule has 3 aromatic rings. The summed E-state index contributed by atoms with van der Waals surface area (Å²) in [7, 11) is 0. The molecule has 1 atom stereocenters. The lowest BCUT2D eigenvalue weighted by molar-refractivity contribution is 0.251. The minimum absolute atomic E-state index is 0.0890. The number of carbonyl (C=O) groups excluding carboxylic acids is 1. The van der Waals surface area contributed by atoms with Crippen molar-refractivity contribution in [3.05, 3.63) is 88.2 Å². The molecule has 3 N–H and O–H groups in total. The van der Waals surface area contributed by atoms with Crippen LogP contribution >= 0.6 is 23.2 Å². The maximum atomic E-state index is 13.8. The Balaban J connectivity index is 1.45. The first-order chi connectivity index (χ1) is 17.0. The number of hydrogen-bond donors (Lipinski definition) is 3. The molecule has 0 saturated heterocycles. The van der Waals surface area contributed by atoms with E-state index in [1.807, 2.05) is 18.2 Å². The van der Waals surface area contributed by atoms with Gasteiger partial charge in [0.25, 0.3) is 0 Å². The maximum absolute atomic E-state index is 13.8. The van der Waals surface area contributed by atoms with Crippen molar-refractivity contribution in [2.45, 2.75) is 44.1 Å². The van der Waals surface area contributed by atoms with Crippen molar-refractivity contribution in [2.75, 3.05) is 18.4 Å². The first-order valence-electron chi connectivity index (χ1n) is 12.1. The highest BCUT2D eigenvalue weighted by molar-refractivity contribution is 6.35. The van der Waals surface area contributed by atoms with Gasteiger partial charge < -0.3 is 16.0 Å². The van der Waals surface area contributed by atoms with Gasteiger partial charge >= 0.3 is 6.03 Å². The van der Waals surface area contributed by atoms with Crippen LogP contribution in [0.2, 0.25) is 10.0 Å². The van der Waals surface area contributed by atoms with Gasteiger partial charge in [0, 0.05) is 34.2 Å². The van der Waals surface area contributed by atoms with E-state index in [2.05, 4.69) is 28.1 Å². The van der Waals surface area contributed by atoms with Crippen molar-refractivity contribution in [1.82, 2.24) is 10.6 Å². The molecule has 1 saturated carbocycles. The Morgan fingerprint density at radius 1 is 0.943 bits per heavy atom. The average Bonchev–Trinajstić information content (AvgIpc) is 3.34. The number of rotatable bonds is 9. The molecule has 4 rings (SSSR count). The molecule has 0 aromatic heterocycles. The van der Waals surface area contributed by atoms with Crippen LogP contribution in [-0.2, 0) is 0 Å². The lowest BCUT2D eigenvalue weighted by Crippen LogP contribution is -2.34. The number of hydrogen-bond acceptors (Lipinski definition) is 2. The van der Waals surface area contributed by atoms with Crippen molar-refractivity contribution >= 4 is 34.9 Å². The number of amides is 2. The first kappa shape index (κ1) is 25.5. The van der Waals surface area contributed by atoms with Crippen molar-refractivity contribution in [3.8, 4) is 11.1 Å². The topological polar surface area (TPSA) is 53.2 Å². The van der Waals surface area contributed by atoms with E-state index >= 15 is 0 Å². The van der Waals surface area contributed by atoms with Gasteiger partial charge in [0.15, 0.2) is 0 Å². The second-order valence-corrected chi connectivity index (χ2v) is 9.92. The van der Waals surface area contributed by atoms with Crippen molar-refractivity contribution in [3.63, 3.8) is 0 Å². The van der Waals surface area contributed by atoms with Gasteiger partial charge in [-0.15, -0.1) is 0 Å². The highest BCUT2D eigenvalue weighted by atomic mass is 35.5. The van der Waals surface area contributed by atoms with E-state index in [9.17, 15) is 9.18 Å². The smallest absolute Gasteiger partial charge is 0.319 e. The Bertz CT molecular complexity index is 1130. The molecule has 0 aliphatic heterocycles. The van der Waals surface area contributed by atoms with E-state index in [-0.39, 0.29) is 17.8 Å².